The van der Waals surface area contributed by atoms with Crippen LogP contribution in [0.15, 0.2) is 58.2 Å². The van der Waals surface area contributed by atoms with Crippen LogP contribution in [0.3, 0.4) is 0 Å². The fourth-order valence-corrected chi connectivity index (χ4v) is 3.30. The summed E-state index contributed by atoms with van der Waals surface area (Å²) in [7, 11) is 1.72. The van der Waals surface area contributed by atoms with Crippen molar-refractivity contribution in [3.05, 3.63) is 77.1 Å². The van der Waals surface area contributed by atoms with E-state index in [4.69, 9.17) is 4.52 Å². The predicted molar refractivity (Wildman–Crippen MR) is 97.2 cm³/mol. The molecule has 0 saturated carbocycles. The molecule has 0 atom stereocenters. The molecule has 2 aromatic heterocycles. The maximum absolute atomic E-state index is 13.0. The topological polar surface area (TPSA) is 59.2 Å². The summed E-state index contributed by atoms with van der Waals surface area (Å²) in [5, 5.41) is 4.60. The Morgan fingerprint density at radius 2 is 2.04 bits per heavy atom. The van der Waals surface area contributed by atoms with Crippen molar-refractivity contribution in [3.8, 4) is 0 Å². The molecule has 0 bridgehead atoms. The minimum Gasteiger partial charge on any atom is -0.361 e. The summed E-state index contributed by atoms with van der Waals surface area (Å²) in [5.41, 5.74) is 2.19. The van der Waals surface area contributed by atoms with Gasteiger partial charge in [-0.2, -0.15) is 0 Å². The molecular formula is C19H18FN3O2S. The number of nitrogens with zero attached hydrogens (tertiary/aromatic N) is 3. The van der Waals surface area contributed by atoms with E-state index in [1.165, 1.54) is 23.9 Å². The van der Waals surface area contributed by atoms with E-state index in [0.29, 0.717) is 22.9 Å². The van der Waals surface area contributed by atoms with Gasteiger partial charge >= 0.3 is 0 Å². The maximum Gasteiger partial charge on any atom is 0.256 e. The zero-order chi connectivity index (χ0) is 18.5. The summed E-state index contributed by atoms with van der Waals surface area (Å²) < 4.78 is 18.1. The SMILES string of the molecule is Cc1cc(CSc2ncccc2C(=O)N(C)Cc2ccc(F)cc2)no1. The number of aromatic nitrogens is 2. The molecule has 7 heteroatoms. The third kappa shape index (κ3) is 4.49. The molecule has 0 unspecified atom stereocenters. The minimum absolute atomic E-state index is 0.138. The number of pyridine rings is 1. The third-order valence-electron chi connectivity index (χ3n) is 3.71. The average molecular weight is 371 g/mol. The van der Waals surface area contributed by atoms with Crippen molar-refractivity contribution < 1.29 is 13.7 Å². The normalized spacial score (nSPS) is 10.7. The molecular weight excluding hydrogens is 353 g/mol. The molecule has 0 saturated heterocycles. The molecule has 0 aliphatic rings. The molecule has 3 rings (SSSR count). The molecule has 0 fully saturated rings. The third-order valence-corrected chi connectivity index (χ3v) is 4.75. The van der Waals surface area contributed by atoms with E-state index < -0.39 is 0 Å². The van der Waals surface area contributed by atoms with Gasteiger partial charge in [-0.15, -0.1) is 0 Å². The number of carbonyl (C=O) groups excluding carboxylic acids is 1. The van der Waals surface area contributed by atoms with Gasteiger partial charge in [0.15, 0.2) is 0 Å². The highest BCUT2D eigenvalue weighted by atomic mass is 32.2. The lowest BCUT2D eigenvalue weighted by Gasteiger charge is -2.18. The van der Waals surface area contributed by atoms with E-state index in [1.807, 2.05) is 13.0 Å². The Labute approximate surface area is 155 Å². The Bertz CT molecular complexity index is 896. The molecule has 26 heavy (non-hydrogen) atoms. The second-order valence-corrected chi connectivity index (χ2v) is 6.83. The molecule has 0 N–H and O–H groups in total. The van der Waals surface area contributed by atoms with E-state index in [9.17, 15) is 9.18 Å². The lowest BCUT2D eigenvalue weighted by Crippen LogP contribution is -2.26. The minimum atomic E-state index is -0.295. The van der Waals surface area contributed by atoms with E-state index in [1.54, 1.807) is 42.4 Å². The van der Waals surface area contributed by atoms with Crippen LogP contribution in [0.25, 0.3) is 0 Å². The fraction of sp³-hybridized carbons (Fsp3) is 0.211. The Balaban J connectivity index is 1.71. The maximum atomic E-state index is 13.0. The number of thioether (sulfide) groups is 1. The van der Waals surface area contributed by atoms with Gasteiger partial charge in [0.2, 0.25) is 0 Å². The van der Waals surface area contributed by atoms with Crippen LogP contribution in [0.1, 0.15) is 27.4 Å². The smallest absolute Gasteiger partial charge is 0.256 e. The van der Waals surface area contributed by atoms with Crippen LogP contribution in [0, 0.1) is 12.7 Å². The predicted octanol–water partition coefficient (Wildman–Crippen LogP) is 4.08. The van der Waals surface area contributed by atoms with Gasteiger partial charge in [-0.05, 0) is 36.8 Å². The zero-order valence-electron chi connectivity index (χ0n) is 14.5. The van der Waals surface area contributed by atoms with Gasteiger partial charge in [0.25, 0.3) is 5.91 Å². The molecule has 0 aliphatic heterocycles. The number of aryl methyl sites for hydroxylation is 1. The van der Waals surface area contributed by atoms with Gasteiger partial charge < -0.3 is 9.42 Å². The summed E-state index contributed by atoms with van der Waals surface area (Å²) in [6.07, 6.45) is 1.66. The average Bonchev–Trinajstić information content (AvgIpc) is 3.07. The highest BCUT2D eigenvalue weighted by Gasteiger charge is 2.17. The van der Waals surface area contributed by atoms with Crippen LogP contribution in [-0.2, 0) is 12.3 Å². The standard InChI is InChI=1S/C19H18FN3O2S/c1-13-10-16(22-25-13)12-26-18-17(4-3-9-21-18)19(24)23(2)11-14-5-7-15(20)8-6-14/h3-10H,11-12H2,1-2H3. The van der Waals surface area contributed by atoms with Crippen molar-refractivity contribution in [1.82, 2.24) is 15.0 Å². The summed E-state index contributed by atoms with van der Waals surface area (Å²) in [4.78, 5) is 18.7. The van der Waals surface area contributed by atoms with Crippen LogP contribution in [0.2, 0.25) is 0 Å². The van der Waals surface area contributed by atoms with Crippen molar-refractivity contribution in [2.24, 2.45) is 0 Å². The summed E-state index contributed by atoms with van der Waals surface area (Å²) in [6.45, 7) is 2.22. The molecule has 0 radical (unpaired) electrons. The van der Waals surface area contributed by atoms with Crippen molar-refractivity contribution >= 4 is 17.7 Å². The summed E-state index contributed by atoms with van der Waals surface area (Å²) in [5.74, 6) is 0.881. The number of halogens is 1. The second kappa shape index (κ2) is 8.14. The molecule has 134 valence electrons. The summed E-state index contributed by atoms with van der Waals surface area (Å²) >= 11 is 1.44. The van der Waals surface area contributed by atoms with Crippen LogP contribution < -0.4 is 0 Å². The fourth-order valence-electron chi connectivity index (χ4n) is 2.44. The van der Waals surface area contributed by atoms with Gasteiger partial charge in [0.05, 0.1) is 11.3 Å². The number of benzene rings is 1. The van der Waals surface area contributed by atoms with Gasteiger partial charge in [0.1, 0.15) is 16.6 Å². The molecule has 3 aromatic rings. The highest BCUT2D eigenvalue weighted by molar-refractivity contribution is 7.98. The number of hydrogen-bond acceptors (Lipinski definition) is 5. The largest absolute Gasteiger partial charge is 0.361 e. The van der Waals surface area contributed by atoms with E-state index in [-0.39, 0.29) is 11.7 Å². The molecule has 0 aliphatic carbocycles. The Hall–Kier alpha value is -2.67. The van der Waals surface area contributed by atoms with Crippen molar-refractivity contribution in [2.75, 3.05) is 7.05 Å². The van der Waals surface area contributed by atoms with Crippen molar-refractivity contribution in [2.45, 2.75) is 24.2 Å². The van der Waals surface area contributed by atoms with Crippen LogP contribution in [0.5, 0.6) is 0 Å². The van der Waals surface area contributed by atoms with Crippen LogP contribution >= 0.6 is 11.8 Å². The number of hydrogen-bond donors (Lipinski definition) is 0. The Morgan fingerprint density at radius 3 is 2.73 bits per heavy atom. The van der Waals surface area contributed by atoms with Gasteiger partial charge in [0, 0.05) is 31.6 Å². The number of amides is 1. The number of carbonyl (C=O) groups is 1. The van der Waals surface area contributed by atoms with Crippen LogP contribution in [0.4, 0.5) is 4.39 Å². The summed E-state index contributed by atoms with van der Waals surface area (Å²) in [6, 6.07) is 11.5. The monoisotopic (exact) mass is 371 g/mol. The first-order valence-corrected chi connectivity index (χ1v) is 9.01. The van der Waals surface area contributed by atoms with E-state index in [0.717, 1.165) is 17.0 Å². The molecule has 2 heterocycles. The van der Waals surface area contributed by atoms with Crippen LogP contribution in [-0.4, -0.2) is 28.0 Å². The quantitative estimate of drug-likeness (QED) is 0.611. The Morgan fingerprint density at radius 1 is 1.27 bits per heavy atom. The van der Waals surface area contributed by atoms with Gasteiger partial charge in [-0.25, -0.2) is 9.37 Å². The molecule has 5 nitrogen and oxygen atoms in total. The molecule has 1 amide bonds. The van der Waals surface area contributed by atoms with E-state index in [2.05, 4.69) is 10.1 Å². The molecule has 1 aromatic carbocycles. The van der Waals surface area contributed by atoms with Gasteiger partial charge in [-0.1, -0.05) is 29.1 Å². The second-order valence-electron chi connectivity index (χ2n) is 5.86. The first-order valence-electron chi connectivity index (χ1n) is 8.03. The number of rotatable bonds is 6. The lowest BCUT2D eigenvalue weighted by atomic mass is 10.2. The van der Waals surface area contributed by atoms with Gasteiger partial charge in [-0.3, -0.25) is 4.79 Å². The Kier molecular flexibility index (Phi) is 5.68. The lowest BCUT2D eigenvalue weighted by molar-refractivity contribution is 0.0781. The molecule has 0 spiro atoms. The zero-order valence-corrected chi connectivity index (χ0v) is 15.3. The van der Waals surface area contributed by atoms with Crippen molar-refractivity contribution in [1.29, 1.82) is 0 Å². The highest BCUT2D eigenvalue weighted by Crippen LogP contribution is 2.25. The van der Waals surface area contributed by atoms with Crippen molar-refractivity contribution in [3.63, 3.8) is 0 Å². The van der Waals surface area contributed by atoms with E-state index >= 15 is 0 Å². The first kappa shape index (κ1) is 18.1. The first-order chi connectivity index (χ1) is 12.5.